The summed E-state index contributed by atoms with van der Waals surface area (Å²) in [4.78, 5) is 0. The van der Waals surface area contributed by atoms with Crippen LogP contribution in [0.4, 0.5) is 4.39 Å². The molecule has 5 heteroatoms. The van der Waals surface area contributed by atoms with Crippen LogP contribution in [0.25, 0.3) is 16.9 Å². The van der Waals surface area contributed by atoms with E-state index in [4.69, 9.17) is 0 Å². The number of fused-ring (bicyclic) bond motifs is 3. The van der Waals surface area contributed by atoms with E-state index in [9.17, 15) is 4.39 Å². The fraction of sp³-hybridized carbons (Fsp3) is 0.125. The zero-order valence-electron chi connectivity index (χ0n) is 11.3. The van der Waals surface area contributed by atoms with Crippen LogP contribution in [0, 0.1) is 5.82 Å². The molecule has 0 saturated heterocycles. The van der Waals surface area contributed by atoms with Gasteiger partial charge < -0.3 is 5.32 Å². The van der Waals surface area contributed by atoms with E-state index in [1.54, 1.807) is 16.8 Å². The summed E-state index contributed by atoms with van der Waals surface area (Å²) in [5.74, 6) is -0.234. The van der Waals surface area contributed by atoms with Crippen molar-refractivity contribution in [2.75, 3.05) is 0 Å². The molecule has 0 radical (unpaired) electrons. The minimum atomic E-state index is -0.234. The first-order chi connectivity index (χ1) is 10.3. The second-order valence-corrected chi connectivity index (χ2v) is 5.04. The number of nitrogens with one attached hydrogen (secondary N) is 1. The van der Waals surface area contributed by atoms with Gasteiger partial charge in [-0.25, -0.2) is 9.07 Å². The standard InChI is InChI=1S/C16H13FN4/c17-13-6-7-14-12(8-13)9-18-10-15-16(19-20-21(14)15)11-4-2-1-3-5-11/h1-8,18H,9-10H2. The highest BCUT2D eigenvalue weighted by atomic mass is 19.1. The Morgan fingerprint density at radius 3 is 2.76 bits per heavy atom. The number of hydrogen-bond donors (Lipinski definition) is 1. The Bertz CT molecular complexity index is 795. The van der Waals surface area contributed by atoms with Crippen LogP contribution >= 0.6 is 0 Å². The molecule has 0 atom stereocenters. The third-order valence-corrected chi connectivity index (χ3v) is 3.69. The Hall–Kier alpha value is -2.53. The Balaban J connectivity index is 1.90. The second kappa shape index (κ2) is 4.79. The monoisotopic (exact) mass is 280 g/mol. The smallest absolute Gasteiger partial charge is 0.123 e. The van der Waals surface area contributed by atoms with Crippen molar-refractivity contribution in [2.45, 2.75) is 13.1 Å². The maximum atomic E-state index is 13.4. The summed E-state index contributed by atoms with van der Waals surface area (Å²) in [5, 5.41) is 11.9. The third-order valence-electron chi connectivity index (χ3n) is 3.69. The van der Waals surface area contributed by atoms with Crippen LogP contribution in [-0.4, -0.2) is 15.0 Å². The number of benzene rings is 2. The van der Waals surface area contributed by atoms with Crippen LogP contribution in [0.2, 0.25) is 0 Å². The Morgan fingerprint density at radius 1 is 1.05 bits per heavy atom. The van der Waals surface area contributed by atoms with E-state index >= 15 is 0 Å². The molecule has 0 unspecified atom stereocenters. The van der Waals surface area contributed by atoms with Crippen molar-refractivity contribution in [1.82, 2.24) is 20.3 Å². The molecule has 1 aliphatic heterocycles. The molecule has 1 aliphatic rings. The lowest BCUT2D eigenvalue weighted by atomic mass is 10.1. The third kappa shape index (κ3) is 2.02. The molecule has 0 bridgehead atoms. The minimum absolute atomic E-state index is 0.234. The maximum absolute atomic E-state index is 13.4. The normalized spacial score (nSPS) is 13.4. The molecule has 2 heterocycles. The molecule has 0 amide bonds. The molecule has 3 aromatic rings. The number of aromatic nitrogens is 3. The van der Waals surface area contributed by atoms with Gasteiger partial charge in [-0.1, -0.05) is 35.5 Å². The number of halogens is 1. The number of hydrogen-bond acceptors (Lipinski definition) is 3. The molecule has 2 aromatic carbocycles. The fourth-order valence-corrected chi connectivity index (χ4v) is 2.69. The van der Waals surface area contributed by atoms with Crippen molar-refractivity contribution in [1.29, 1.82) is 0 Å². The quantitative estimate of drug-likeness (QED) is 0.745. The van der Waals surface area contributed by atoms with E-state index in [0.29, 0.717) is 13.1 Å². The molecular weight excluding hydrogens is 267 g/mol. The summed E-state index contributed by atoms with van der Waals surface area (Å²) < 4.78 is 15.2. The van der Waals surface area contributed by atoms with E-state index in [0.717, 1.165) is 28.2 Å². The van der Waals surface area contributed by atoms with Gasteiger partial charge >= 0.3 is 0 Å². The lowest BCUT2D eigenvalue weighted by Crippen LogP contribution is -2.11. The molecule has 1 N–H and O–H groups in total. The van der Waals surface area contributed by atoms with Gasteiger partial charge in [0.1, 0.15) is 11.5 Å². The van der Waals surface area contributed by atoms with Crippen LogP contribution in [0.15, 0.2) is 48.5 Å². The first kappa shape index (κ1) is 12.2. The highest BCUT2D eigenvalue weighted by Gasteiger charge is 2.20. The molecule has 104 valence electrons. The van der Waals surface area contributed by atoms with E-state index in [1.807, 2.05) is 30.3 Å². The highest BCUT2D eigenvalue weighted by molar-refractivity contribution is 5.62. The van der Waals surface area contributed by atoms with Crippen molar-refractivity contribution < 1.29 is 4.39 Å². The Labute approximate surface area is 121 Å². The van der Waals surface area contributed by atoms with Crippen LogP contribution in [0.5, 0.6) is 0 Å². The summed E-state index contributed by atoms with van der Waals surface area (Å²) in [5.41, 5.74) is 4.65. The molecular formula is C16H13FN4. The van der Waals surface area contributed by atoms with Crippen LogP contribution in [-0.2, 0) is 13.1 Å². The summed E-state index contributed by atoms with van der Waals surface area (Å²) in [6.45, 7) is 1.26. The van der Waals surface area contributed by atoms with Crippen molar-refractivity contribution in [3.05, 3.63) is 65.6 Å². The Morgan fingerprint density at radius 2 is 1.90 bits per heavy atom. The van der Waals surface area contributed by atoms with Crippen molar-refractivity contribution in [3.8, 4) is 16.9 Å². The first-order valence-corrected chi connectivity index (χ1v) is 6.82. The summed E-state index contributed by atoms with van der Waals surface area (Å²) in [6.07, 6.45) is 0. The van der Waals surface area contributed by atoms with Gasteiger partial charge in [0.05, 0.1) is 11.4 Å². The van der Waals surface area contributed by atoms with Crippen molar-refractivity contribution in [2.24, 2.45) is 0 Å². The molecule has 0 fully saturated rings. The predicted octanol–water partition coefficient (Wildman–Crippen LogP) is 2.68. The van der Waals surface area contributed by atoms with Crippen LogP contribution in [0.3, 0.4) is 0 Å². The summed E-state index contributed by atoms with van der Waals surface area (Å²) in [6, 6.07) is 14.7. The lowest BCUT2D eigenvalue weighted by molar-refractivity contribution is 0.621. The average molecular weight is 280 g/mol. The van der Waals surface area contributed by atoms with Crippen LogP contribution in [0.1, 0.15) is 11.3 Å². The molecule has 21 heavy (non-hydrogen) atoms. The van der Waals surface area contributed by atoms with Gasteiger partial charge in [0.25, 0.3) is 0 Å². The summed E-state index contributed by atoms with van der Waals surface area (Å²) in [7, 11) is 0. The van der Waals surface area contributed by atoms with Gasteiger partial charge in [-0.05, 0) is 23.8 Å². The SMILES string of the molecule is Fc1ccc2c(c1)CNCc1c(-c3ccccc3)nnn1-2. The van der Waals surface area contributed by atoms with Gasteiger partial charge in [-0.2, -0.15) is 0 Å². The first-order valence-electron chi connectivity index (χ1n) is 6.82. The second-order valence-electron chi connectivity index (χ2n) is 5.04. The minimum Gasteiger partial charge on any atom is -0.307 e. The molecule has 0 aliphatic carbocycles. The van der Waals surface area contributed by atoms with Gasteiger partial charge in [0, 0.05) is 18.7 Å². The Kier molecular flexibility index (Phi) is 2.79. The van der Waals surface area contributed by atoms with Gasteiger partial charge in [-0.15, -0.1) is 5.10 Å². The van der Waals surface area contributed by atoms with Gasteiger partial charge in [-0.3, -0.25) is 0 Å². The molecule has 0 saturated carbocycles. The zero-order chi connectivity index (χ0) is 14.2. The van der Waals surface area contributed by atoms with Crippen molar-refractivity contribution in [3.63, 3.8) is 0 Å². The fourth-order valence-electron chi connectivity index (χ4n) is 2.69. The average Bonchev–Trinajstić information content (AvgIpc) is 2.84. The lowest BCUT2D eigenvalue weighted by Gasteiger charge is -2.06. The molecule has 4 rings (SSSR count). The van der Waals surface area contributed by atoms with Gasteiger partial charge in [0.15, 0.2) is 0 Å². The maximum Gasteiger partial charge on any atom is 0.123 e. The topological polar surface area (TPSA) is 42.7 Å². The predicted molar refractivity (Wildman–Crippen MR) is 77.3 cm³/mol. The largest absolute Gasteiger partial charge is 0.307 e. The van der Waals surface area contributed by atoms with E-state index in [1.165, 1.54) is 6.07 Å². The van der Waals surface area contributed by atoms with Crippen molar-refractivity contribution >= 4 is 0 Å². The molecule has 4 nitrogen and oxygen atoms in total. The number of nitrogens with zero attached hydrogens (tertiary/aromatic N) is 3. The summed E-state index contributed by atoms with van der Waals surface area (Å²) >= 11 is 0. The van der Waals surface area contributed by atoms with Crippen LogP contribution < -0.4 is 5.32 Å². The zero-order valence-corrected chi connectivity index (χ0v) is 11.3. The van der Waals surface area contributed by atoms with Gasteiger partial charge in [0.2, 0.25) is 0 Å². The molecule has 0 spiro atoms. The van der Waals surface area contributed by atoms with E-state index in [2.05, 4.69) is 15.6 Å². The number of rotatable bonds is 1. The molecule has 1 aromatic heterocycles. The van der Waals surface area contributed by atoms with E-state index < -0.39 is 0 Å². The highest BCUT2D eigenvalue weighted by Crippen LogP contribution is 2.26. The van der Waals surface area contributed by atoms with E-state index in [-0.39, 0.29) is 5.82 Å².